The molecular weight excluding hydrogens is 204 g/mol. The van der Waals surface area contributed by atoms with Gasteiger partial charge in [0.1, 0.15) is 0 Å². The van der Waals surface area contributed by atoms with Gasteiger partial charge in [0.25, 0.3) is 0 Å². The van der Waals surface area contributed by atoms with E-state index in [0.29, 0.717) is 18.9 Å². The monoisotopic (exact) mass is 226 g/mol. The Labute approximate surface area is 97.1 Å². The Morgan fingerprint density at radius 3 is 2.75 bits per heavy atom. The summed E-state index contributed by atoms with van der Waals surface area (Å²) in [5, 5.41) is 0. The standard InChI is InChI=1S/C12H22N2O2/c1-12(2-4-16-5-3-12)9-14-8-10(7-13)6-11(14)15/h10H,2-9,13H2,1H3. The second-order valence-electron chi connectivity index (χ2n) is 5.50. The van der Waals surface area contributed by atoms with Crippen molar-refractivity contribution in [3.05, 3.63) is 0 Å². The van der Waals surface area contributed by atoms with Gasteiger partial charge in [0.05, 0.1) is 0 Å². The van der Waals surface area contributed by atoms with E-state index in [9.17, 15) is 4.79 Å². The molecule has 2 N–H and O–H groups in total. The molecule has 2 saturated heterocycles. The molecule has 16 heavy (non-hydrogen) atoms. The highest BCUT2D eigenvalue weighted by Gasteiger charge is 2.35. The van der Waals surface area contributed by atoms with Crippen LogP contribution in [0, 0.1) is 11.3 Å². The average molecular weight is 226 g/mol. The highest BCUT2D eigenvalue weighted by atomic mass is 16.5. The SMILES string of the molecule is CC1(CN2CC(CN)CC2=O)CCOCC1. The maximum absolute atomic E-state index is 11.8. The molecule has 2 aliphatic rings. The quantitative estimate of drug-likeness (QED) is 0.767. The lowest BCUT2D eigenvalue weighted by molar-refractivity contribution is -0.130. The molecule has 2 heterocycles. The van der Waals surface area contributed by atoms with E-state index in [-0.39, 0.29) is 11.3 Å². The number of carbonyl (C=O) groups is 1. The molecule has 0 aromatic carbocycles. The number of nitrogens with two attached hydrogens (primary N) is 1. The molecule has 0 aromatic rings. The van der Waals surface area contributed by atoms with Gasteiger partial charge in [-0.3, -0.25) is 4.79 Å². The van der Waals surface area contributed by atoms with Crippen LogP contribution in [-0.4, -0.2) is 43.7 Å². The van der Waals surface area contributed by atoms with Crippen LogP contribution in [-0.2, 0) is 9.53 Å². The third-order valence-electron chi connectivity index (χ3n) is 3.90. The number of nitrogens with zero attached hydrogens (tertiary/aromatic N) is 1. The fourth-order valence-corrected chi connectivity index (χ4v) is 2.65. The first kappa shape index (κ1) is 11.9. The zero-order valence-corrected chi connectivity index (χ0v) is 10.1. The van der Waals surface area contributed by atoms with E-state index in [2.05, 4.69) is 6.92 Å². The Balaban J connectivity index is 1.91. The minimum Gasteiger partial charge on any atom is -0.381 e. The molecule has 4 heteroatoms. The highest BCUT2D eigenvalue weighted by Crippen LogP contribution is 2.32. The van der Waals surface area contributed by atoms with Crippen molar-refractivity contribution in [2.45, 2.75) is 26.2 Å². The number of amides is 1. The second kappa shape index (κ2) is 4.72. The molecule has 0 radical (unpaired) electrons. The van der Waals surface area contributed by atoms with Gasteiger partial charge in [0.2, 0.25) is 5.91 Å². The molecule has 0 saturated carbocycles. The smallest absolute Gasteiger partial charge is 0.222 e. The van der Waals surface area contributed by atoms with E-state index >= 15 is 0 Å². The summed E-state index contributed by atoms with van der Waals surface area (Å²) in [6.45, 7) is 6.29. The van der Waals surface area contributed by atoms with Gasteiger partial charge >= 0.3 is 0 Å². The number of rotatable bonds is 3. The molecule has 0 aromatic heterocycles. The van der Waals surface area contributed by atoms with Crippen LogP contribution in [0.15, 0.2) is 0 Å². The number of hydrogen-bond acceptors (Lipinski definition) is 3. The second-order valence-corrected chi connectivity index (χ2v) is 5.50. The molecular formula is C12H22N2O2. The maximum Gasteiger partial charge on any atom is 0.222 e. The van der Waals surface area contributed by atoms with Gasteiger partial charge in [-0.1, -0.05) is 6.92 Å². The first-order valence-corrected chi connectivity index (χ1v) is 6.18. The highest BCUT2D eigenvalue weighted by molar-refractivity contribution is 5.78. The molecule has 1 unspecified atom stereocenters. The molecule has 0 bridgehead atoms. The topological polar surface area (TPSA) is 55.6 Å². The van der Waals surface area contributed by atoms with Crippen molar-refractivity contribution in [1.82, 2.24) is 4.90 Å². The molecule has 1 atom stereocenters. The summed E-state index contributed by atoms with van der Waals surface area (Å²) in [4.78, 5) is 13.8. The number of carbonyl (C=O) groups excluding carboxylic acids is 1. The number of likely N-dealkylation sites (tertiary alicyclic amines) is 1. The van der Waals surface area contributed by atoms with Crippen molar-refractivity contribution in [3.63, 3.8) is 0 Å². The molecule has 4 nitrogen and oxygen atoms in total. The fourth-order valence-electron chi connectivity index (χ4n) is 2.65. The Morgan fingerprint density at radius 2 is 2.19 bits per heavy atom. The van der Waals surface area contributed by atoms with Crippen molar-refractivity contribution >= 4 is 5.91 Å². The van der Waals surface area contributed by atoms with E-state index in [1.165, 1.54) is 0 Å². The van der Waals surface area contributed by atoms with Crippen molar-refractivity contribution in [2.75, 3.05) is 32.8 Å². The Morgan fingerprint density at radius 1 is 1.50 bits per heavy atom. The van der Waals surface area contributed by atoms with Crippen LogP contribution in [0.25, 0.3) is 0 Å². The van der Waals surface area contributed by atoms with Gasteiger partial charge in [-0.15, -0.1) is 0 Å². The zero-order valence-electron chi connectivity index (χ0n) is 10.1. The van der Waals surface area contributed by atoms with Gasteiger partial charge in [-0.25, -0.2) is 0 Å². The van der Waals surface area contributed by atoms with E-state index in [4.69, 9.17) is 10.5 Å². The Kier molecular flexibility index (Phi) is 3.50. The van der Waals surface area contributed by atoms with Crippen molar-refractivity contribution in [2.24, 2.45) is 17.1 Å². The van der Waals surface area contributed by atoms with Crippen LogP contribution in [0.1, 0.15) is 26.2 Å². The van der Waals surface area contributed by atoms with Crippen molar-refractivity contribution in [1.29, 1.82) is 0 Å². The summed E-state index contributed by atoms with van der Waals surface area (Å²) in [6, 6.07) is 0. The normalized spacial score (nSPS) is 29.8. The van der Waals surface area contributed by atoms with Crippen LogP contribution in [0.4, 0.5) is 0 Å². The minimum atomic E-state index is 0.247. The number of hydrogen-bond donors (Lipinski definition) is 1. The Hall–Kier alpha value is -0.610. The lowest BCUT2D eigenvalue weighted by atomic mass is 9.82. The van der Waals surface area contributed by atoms with E-state index < -0.39 is 0 Å². The van der Waals surface area contributed by atoms with Crippen molar-refractivity contribution in [3.8, 4) is 0 Å². The molecule has 2 aliphatic heterocycles. The minimum absolute atomic E-state index is 0.247. The first-order chi connectivity index (χ1) is 7.63. The summed E-state index contributed by atoms with van der Waals surface area (Å²) in [7, 11) is 0. The van der Waals surface area contributed by atoms with E-state index in [1.807, 2.05) is 4.90 Å². The van der Waals surface area contributed by atoms with Gasteiger partial charge in [0, 0.05) is 32.7 Å². The van der Waals surface area contributed by atoms with Crippen molar-refractivity contribution < 1.29 is 9.53 Å². The van der Waals surface area contributed by atoms with Gasteiger partial charge in [-0.05, 0) is 30.7 Å². The van der Waals surface area contributed by atoms with Crippen LogP contribution < -0.4 is 5.73 Å². The molecule has 92 valence electrons. The van der Waals surface area contributed by atoms with E-state index in [0.717, 1.165) is 39.1 Å². The molecule has 2 rings (SSSR count). The first-order valence-electron chi connectivity index (χ1n) is 6.18. The lowest BCUT2D eigenvalue weighted by Crippen LogP contribution is -2.40. The van der Waals surface area contributed by atoms with Gasteiger partial charge < -0.3 is 15.4 Å². The number of ether oxygens (including phenoxy) is 1. The average Bonchev–Trinajstić information content (AvgIpc) is 2.60. The summed E-state index contributed by atoms with van der Waals surface area (Å²) < 4.78 is 5.38. The third-order valence-corrected chi connectivity index (χ3v) is 3.90. The largest absolute Gasteiger partial charge is 0.381 e. The fraction of sp³-hybridized carbons (Fsp3) is 0.917. The predicted octanol–water partition coefficient (Wildman–Crippen LogP) is 0.610. The summed E-state index contributed by atoms with van der Waals surface area (Å²) in [6.07, 6.45) is 2.76. The molecule has 0 aliphatic carbocycles. The van der Waals surface area contributed by atoms with Crippen LogP contribution in [0.5, 0.6) is 0 Å². The van der Waals surface area contributed by atoms with Gasteiger partial charge in [0.15, 0.2) is 0 Å². The van der Waals surface area contributed by atoms with Crippen LogP contribution in [0.2, 0.25) is 0 Å². The summed E-state index contributed by atoms with van der Waals surface area (Å²) in [5.41, 5.74) is 5.87. The Bertz CT molecular complexity index is 262. The van der Waals surface area contributed by atoms with Gasteiger partial charge in [-0.2, -0.15) is 0 Å². The summed E-state index contributed by atoms with van der Waals surface area (Å²) >= 11 is 0. The zero-order chi connectivity index (χ0) is 11.6. The predicted molar refractivity (Wildman–Crippen MR) is 61.9 cm³/mol. The third kappa shape index (κ3) is 2.55. The van der Waals surface area contributed by atoms with Crippen LogP contribution in [0.3, 0.4) is 0 Å². The van der Waals surface area contributed by atoms with Crippen LogP contribution >= 0.6 is 0 Å². The van der Waals surface area contributed by atoms with E-state index in [1.54, 1.807) is 0 Å². The summed E-state index contributed by atoms with van der Waals surface area (Å²) in [5.74, 6) is 0.652. The molecule has 0 spiro atoms. The maximum atomic E-state index is 11.8. The molecule has 1 amide bonds. The molecule has 2 fully saturated rings. The lowest BCUT2D eigenvalue weighted by Gasteiger charge is -2.36.